The summed E-state index contributed by atoms with van der Waals surface area (Å²) >= 11 is 3.66. The van der Waals surface area contributed by atoms with E-state index >= 15 is 0 Å². The average Bonchev–Trinajstić information content (AvgIpc) is 2.38. The van der Waals surface area contributed by atoms with Crippen LogP contribution in [0.15, 0.2) is 24.3 Å². The molecule has 1 heterocycles. The molecule has 1 aliphatic heterocycles. The maximum absolute atomic E-state index is 3.66. The van der Waals surface area contributed by atoms with E-state index in [4.69, 9.17) is 0 Å². The fourth-order valence-electron chi connectivity index (χ4n) is 2.74. The van der Waals surface area contributed by atoms with Crippen LogP contribution in [-0.4, -0.2) is 18.4 Å². The van der Waals surface area contributed by atoms with E-state index in [2.05, 4.69) is 52.0 Å². The maximum atomic E-state index is 3.66. The van der Waals surface area contributed by atoms with Gasteiger partial charge in [-0.2, -0.15) is 0 Å². The number of hydrogen-bond donors (Lipinski definition) is 0. The summed E-state index contributed by atoms with van der Waals surface area (Å²) in [5.74, 6) is 0.783. The first-order chi connectivity index (χ1) is 8.35. The monoisotopic (exact) mass is 295 g/mol. The molecule has 2 rings (SSSR count). The molecule has 1 nitrogen and oxygen atoms in total. The van der Waals surface area contributed by atoms with E-state index in [9.17, 15) is 0 Å². The predicted octanol–water partition coefficient (Wildman–Crippen LogP) is 4.25. The van der Waals surface area contributed by atoms with Gasteiger partial charge >= 0.3 is 0 Å². The minimum atomic E-state index is 0.783. The van der Waals surface area contributed by atoms with Crippen LogP contribution in [-0.2, 0) is 6.42 Å². The van der Waals surface area contributed by atoms with Gasteiger partial charge in [-0.15, -0.1) is 0 Å². The Kier molecular flexibility index (Phi) is 4.90. The van der Waals surface area contributed by atoms with Crippen LogP contribution in [0.3, 0.4) is 0 Å². The van der Waals surface area contributed by atoms with Gasteiger partial charge < -0.3 is 4.90 Å². The molecule has 1 aromatic rings. The van der Waals surface area contributed by atoms with E-state index in [0.717, 1.165) is 11.2 Å². The van der Waals surface area contributed by atoms with Gasteiger partial charge in [-0.1, -0.05) is 47.5 Å². The number of benzene rings is 1. The molecule has 0 radical (unpaired) electrons. The van der Waals surface area contributed by atoms with E-state index in [1.807, 2.05) is 0 Å². The standard InChI is InChI=1S/C15H22BrN/c1-2-6-13(11-16)12-17-10-5-8-14-7-3-4-9-15(14)17/h3-4,7,9,13H,2,5-6,8,10-12H2,1H3. The second-order valence-corrected chi connectivity index (χ2v) is 5.63. The number of para-hydroxylation sites is 1. The Morgan fingerprint density at radius 1 is 1.35 bits per heavy atom. The predicted molar refractivity (Wildman–Crippen MR) is 79.2 cm³/mol. The number of fused-ring (bicyclic) bond motifs is 1. The van der Waals surface area contributed by atoms with Crippen LogP contribution in [0.4, 0.5) is 5.69 Å². The Morgan fingerprint density at radius 3 is 2.94 bits per heavy atom. The van der Waals surface area contributed by atoms with Crippen LogP contribution in [0.25, 0.3) is 0 Å². The normalized spacial score (nSPS) is 16.7. The lowest BCUT2D eigenvalue weighted by molar-refractivity contribution is 0.512. The van der Waals surface area contributed by atoms with Crippen LogP contribution in [0, 0.1) is 5.92 Å². The molecule has 1 atom stereocenters. The summed E-state index contributed by atoms with van der Waals surface area (Å²) in [7, 11) is 0. The zero-order valence-corrected chi connectivity index (χ0v) is 12.2. The second-order valence-electron chi connectivity index (χ2n) is 4.99. The van der Waals surface area contributed by atoms with Crippen LogP contribution in [0.5, 0.6) is 0 Å². The Bertz CT molecular complexity index is 351. The highest BCUT2D eigenvalue weighted by atomic mass is 79.9. The largest absolute Gasteiger partial charge is 0.371 e. The topological polar surface area (TPSA) is 3.24 Å². The number of rotatable bonds is 5. The molecule has 94 valence electrons. The first-order valence-electron chi connectivity index (χ1n) is 6.74. The lowest BCUT2D eigenvalue weighted by Gasteiger charge is -2.33. The second kappa shape index (κ2) is 6.44. The van der Waals surface area contributed by atoms with Crippen LogP contribution in [0.2, 0.25) is 0 Å². The minimum absolute atomic E-state index is 0.783. The summed E-state index contributed by atoms with van der Waals surface area (Å²) < 4.78 is 0. The van der Waals surface area contributed by atoms with Gasteiger partial charge in [0, 0.05) is 24.1 Å². The van der Waals surface area contributed by atoms with Crippen molar-refractivity contribution >= 4 is 21.6 Å². The third-order valence-corrected chi connectivity index (χ3v) is 4.52. The Labute approximate surface area is 113 Å². The molecule has 0 N–H and O–H groups in total. The Hall–Kier alpha value is -0.500. The first-order valence-corrected chi connectivity index (χ1v) is 7.86. The number of anilines is 1. The summed E-state index contributed by atoms with van der Waals surface area (Å²) in [6.07, 6.45) is 5.16. The van der Waals surface area contributed by atoms with E-state index in [1.54, 1.807) is 0 Å². The fraction of sp³-hybridized carbons (Fsp3) is 0.600. The lowest BCUT2D eigenvalue weighted by atomic mass is 9.99. The zero-order valence-electron chi connectivity index (χ0n) is 10.7. The smallest absolute Gasteiger partial charge is 0.0398 e. The molecular formula is C15H22BrN. The van der Waals surface area contributed by atoms with E-state index < -0.39 is 0 Å². The molecule has 17 heavy (non-hydrogen) atoms. The van der Waals surface area contributed by atoms with Gasteiger partial charge in [0.05, 0.1) is 0 Å². The van der Waals surface area contributed by atoms with Gasteiger partial charge in [-0.05, 0) is 36.8 Å². The molecule has 0 fully saturated rings. The highest BCUT2D eigenvalue weighted by Crippen LogP contribution is 2.28. The molecule has 0 spiro atoms. The quantitative estimate of drug-likeness (QED) is 0.734. The molecular weight excluding hydrogens is 274 g/mol. The van der Waals surface area contributed by atoms with E-state index in [1.165, 1.54) is 50.0 Å². The van der Waals surface area contributed by atoms with Crippen molar-refractivity contribution in [2.24, 2.45) is 5.92 Å². The molecule has 1 aromatic carbocycles. The average molecular weight is 296 g/mol. The van der Waals surface area contributed by atoms with E-state index in [0.29, 0.717) is 0 Å². The summed E-state index contributed by atoms with van der Waals surface area (Å²) in [5.41, 5.74) is 3.00. The molecule has 0 aliphatic carbocycles. The van der Waals surface area contributed by atoms with Crippen LogP contribution >= 0.6 is 15.9 Å². The number of alkyl halides is 1. The fourth-order valence-corrected chi connectivity index (χ4v) is 3.27. The lowest BCUT2D eigenvalue weighted by Crippen LogP contribution is -2.34. The number of aryl methyl sites for hydroxylation is 1. The van der Waals surface area contributed by atoms with Crippen molar-refractivity contribution in [1.82, 2.24) is 0 Å². The third kappa shape index (κ3) is 3.25. The van der Waals surface area contributed by atoms with Crippen molar-refractivity contribution in [2.75, 3.05) is 23.3 Å². The zero-order chi connectivity index (χ0) is 12.1. The maximum Gasteiger partial charge on any atom is 0.0398 e. The van der Waals surface area contributed by atoms with Gasteiger partial charge in [-0.3, -0.25) is 0 Å². The van der Waals surface area contributed by atoms with Crippen molar-refractivity contribution in [3.63, 3.8) is 0 Å². The van der Waals surface area contributed by atoms with Crippen molar-refractivity contribution in [1.29, 1.82) is 0 Å². The van der Waals surface area contributed by atoms with Crippen LogP contribution < -0.4 is 4.90 Å². The van der Waals surface area contributed by atoms with Crippen molar-refractivity contribution < 1.29 is 0 Å². The molecule has 2 heteroatoms. The summed E-state index contributed by atoms with van der Waals surface area (Å²) in [4.78, 5) is 2.58. The van der Waals surface area contributed by atoms with Crippen molar-refractivity contribution in [2.45, 2.75) is 32.6 Å². The van der Waals surface area contributed by atoms with Gasteiger partial charge in [0.15, 0.2) is 0 Å². The van der Waals surface area contributed by atoms with Crippen molar-refractivity contribution in [3.05, 3.63) is 29.8 Å². The highest BCUT2D eigenvalue weighted by molar-refractivity contribution is 9.09. The van der Waals surface area contributed by atoms with Gasteiger partial charge in [-0.25, -0.2) is 0 Å². The molecule has 0 amide bonds. The number of hydrogen-bond acceptors (Lipinski definition) is 1. The third-order valence-electron chi connectivity index (χ3n) is 3.60. The highest BCUT2D eigenvalue weighted by Gasteiger charge is 2.18. The number of halogens is 1. The SMILES string of the molecule is CCCC(CBr)CN1CCCc2ccccc21. The van der Waals surface area contributed by atoms with Gasteiger partial charge in [0.1, 0.15) is 0 Å². The van der Waals surface area contributed by atoms with Crippen LogP contribution in [0.1, 0.15) is 31.7 Å². The van der Waals surface area contributed by atoms with Gasteiger partial charge in [0.25, 0.3) is 0 Å². The Balaban J connectivity index is 2.07. The molecule has 1 unspecified atom stereocenters. The molecule has 0 bridgehead atoms. The number of nitrogens with zero attached hydrogens (tertiary/aromatic N) is 1. The minimum Gasteiger partial charge on any atom is -0.371 e. The molecule has 0 saturated carbocycles. The molecule has 1 aliphatic rings. The van der Waals surface area contributed by atoms with Crippen molar-refractivity contribution in [3.8, 4) is 0 Å². The summed E-state index contributed by atoms with van der Waals surface area (Å²) in [6.45, 7) is 4.71. The van der Waals surface area contributed by atoms with E-state index in [-0.39, 0.29) is 0 Å². The van der Waals surface area contributed by atoms with Gasteiger partial charge in [0.2, 0.25) is 0 Å². The first kappa shape index (κ1) is 12.9. The molecule has 0 aromatic heterocycles. The molecule has 0 saturated heterocycles. The Morgan fingerprint density at radius 2 is 2.18 bits per heavy atom. The summed E-state index contributed by atoms with van der Waals surface area (Å²) in [5, 5.41) is 1.12. The summed E-state index contributed by atoms with van der Waals surface area (Å²) in [6, 6.07) is 8.90.